The number of fused-ring (bicyclic) bond motifs is 2. The van der Waals surface area contributed by atoms with Crippen molar-refractivity contribution in [2.75, 3.05) is 24.3 Å². The minimum Gasteiger partial charge on any atom is -0.497 e. The van der Waals surface area contributed by atoms with Gasteiger partial charge in [0.1, 0.15) is 5.75 Å². The molecule has 1 unspecified atom stereocenters. The quantitative estimate of drug-likeness (QED) is 0.566. The Labute approximate surface area is 193 Å². The number of carbonyl (C=O) groups excluding carboxylic acids is 2. The fourth-order valence-corrected chi connectivity index (χ4v) is 5.89. The van der Waals surface area contributed by atoms with Crippen LogP contribution in [0.4, 0.5) is 14.5 Å². The molecule has 33 heavy (non-hydrogen) atoms. The summed E-state index contributed by atoms with van der Waals surface area (Å²) in [6.07, 6.45) is 0. The van der Waals surface area contributed by atoms with Gasteiger partial charge in [-0.3, -0.25) is 9.59 Å². The third kappa shape index (κ3) is 3.36. The lowest BCUT2D eigenvalue weighted by atomic mass is 10.0. The van der Waals surface area contributed by atoms with E-state index in [0.29, 0.717) is 40.4 Å². The summed E-state index contributed by atoms with van der Waals surface area (Å²) in [5.41, 5.74) is 2.22. The van der Waals surface area contributed by atoms with Gasteiger partial charge in [0.2, 0.25) is 0 Å². The second-order valence-corrected chi connectivity index (χ2v) is 9.13. The van der Waals surface area contributed by atoms with Crippen LogP contribution < -0.4 is 9.64 Å². The van der Waals surface area contributed by atoms with Gasteiger partial charge in [0, 0.05) is 23.4 Å². The van der Waals surface area contributed by atoms with Gasteiger partial charge in [0.15, 0.2) is 16.5 Å². The summed E-state index contributed by atoms with van der Waals surface area (Å²) < 4.78 is 32.7. The fraction of sp³-hybridized carbons (Fsp3) is 0.200. The molecule has 0 bridgehead atoms. The zero-order chi connectivity index (χ0) is 23.2. The van der Waals surface area contributed by atoms with E-state index in [1.54, 1.807) is 54.5 Å². The van der Waals surface area contributed by atoms with Crippen molar-refractivity contribution in [2.45, 2.75) is 11.4 Å². The number of amides is 2. The molecule has 5 rings (SSSR count). The Kier molecular flexibility index (Phi) is 5.32. The van der Waals surface area contributed by atoms with Crippen LogP contribution in [0.2, 0.25) is 0 Å². The van der Waals surface area contributed by atoms with Gasteiger partial charge in [-0.05, 0) is 48.0 Å². The Morgan fingerprint density at radius 2 is 1.85 bits per heavy atom. The van der Waals surface area contributed by atoms with Crippen LogP contribution in [0.3, 0.4) is 0 Å². The van der Waals surface area contributed by atoms with Gasteiger partial charge >= 0.3 is 0 Å². The van der Waals surface area contributed by atoms with E-state index in [0.717, 1.165) is 12.1 Å². The molecular weight excluding hydrogens is 446 g/mol. The first kappa shape index (κ1) is 21.5. The van der Waals surface area contributed by atoms with Crippen molar-refractivity contribution in [3.8, 4) is 5.75 Å². The molecule has 2 amide bonds. The molecular formula is C25H20F2N2O3S. The van der Waals surface area contributed by atoms with E-state index in [1.807, 2.05) is 6.07 Å². The van der Waals surface area contributed by atoms with E-state index < -0.39 is 16.5 Å². The molecule has 0 saturated carbocycles. The summed E-state index contributed by atoms with van der Waals surface area (Å²) in [5.74, 6) is -1.30. The van der Waals surface area contributed by atoms with Gasteiger partial charge in [-0.1, -0.05) is 24.3 Å². The molecule has 1 spiro atoms. The van der Waals surface area contributed by atoms with E-state index in [9.17, 15) is 18.4 Å². The molecule has 168 valence electrons. The molecule has 0 radical (unpaired) electrons. The number of carbonyl (C=O) groups is 2. The minimum atomic E-state index is -1.25. The normalized spacial score (nSPS) is 19.3. The van der Waals surface area contributed by atoms with E-state index in [4.69, 9.17) is 4.74 Å². The second-order valence-electron chi connectivity index (χ2n) is 7.84. The molecule has 1 atom stereocenters. The highest BCUT2D eigenvalue weighted by Crippen LogP contribution is 2.55. The largest absolute Gasteiger partial charge is 0.497 e. The van der Waals surface area contributed by atoms with E-state index in [2.05, 4.69) is 0 Å². The molecule has 0 aliphatic carbocycles. The monoisotopic (exact) mass is 466 g/mol. The van der Waals surface area contributed by atoms with Gasteiger partial charge in [-0.15, -0.1) is 11.8 Å². The van der Waals surface area contributed by atoms with Gasteiger partial charge in [-0.2, -0.15) is 0 Å². The first-order chi connectivity index (χ1) is 16.0. The average molecular weight is 467 g/mol. The zero-order valence-electron chi connectivity index (χ0n) is 17.8. The minimum absolute atomic E-state index is 0.0467. The topological polar surface area (TPSA) is 49.9 Å². The summed E-state index contributed by atoms with van der Waals surface area (Å²) in [5, 5.41) is 0. The number of hydrogen-bond acceptors (Lipinski definition) is 4. The molecule has 5 nitrogen and oxygen atoms in total. The molecule has 0 aromatic heterocycles. The van der Waals surface area contributed by atoms with Gasteiger partial charge in [0.25, 0.3) is 11.8 Å². The van der Waals surface area contributed by atoms with Gasteiger partial charge in [0.05, 0.1) is 19.3 Å². The maximum Gasteiger partial charge on any atom is 0.268 e. The first-order valence-corrected chi connectivity index (χ1v) is 11.4. The van der Waals surface area contributed by atoms with Crippen LogP contribution in [0.15, 0.2) is 66.7 Å². The number of benzene rings is 3. The lowest BCUT2D eigenvalue weighted by molar-refractivity contribution is -0.123. The second kappa shape index (κ2) is 8.19. The first-order valence-electron chi connectivity index (χ1n) is 10.4. The Morgan fingerprint density at radius 1 is 1.06 bits per heavy atom. The Balaban J connectivity index is 1.61. The third-order valence-electron chi connectivity index (χ3n) is 5.99. The number of methoxy groups -OCH3 is 1. The maximum absolute atomic E-state index is 14.0. The van der Waals surface area contributed by atoms with Crippen molar-refractivity contribution in [1.29, 1.82) is 0 Å². The van der Waals surface area contributed by atoms with E-state index >= 15 is 0 Å². The number of halogens is 2. The molecule has 2 heterocycles. The maximum atomic E-state index is 14.0. The molecule has 8 heteroatoms. The summed E-state index contributed by atoms with van der Waals surface area (Å²) >= 11 is 1.40. The number of ether oxygens (including phenoxy) is 1. The highest BCUT2D eigenvalue weighted by atomic mass is 32.2. The zero-order valence-corrected chi connectivity index (χ0v) is 18.6. The summed E-state index contributed by atoms with van der Waals surface area (Å²) in [7, 11) is 1.54. The van der Waals surface area contributed by atoms with Crippen LogP contribution in [0.25, 0.3) is 0 Å². The Morgan fingerprint density at radius 3 is 2.58 bits per heavy atom. The van der Waals surface area contributed by atoms with Crippen molar-refractivity contribution in [1.82, 2.24) is 4.90 Å². The predicted octanol–water partition coefficient (Wildman–Crippen LogP) is 4.56. The smallest absolute Gasteiger partial charge is 0.268 e. The third-order valence-corrected chi connectivity index (χ3v) is 7.41. The van der Waals surface area contributed by atoms with Gasteiger partial charge in [-0.25, -0.2) is 8.78 Å². The van der Waals surface area contributed by atoms with Crippen LogP contribution in [0.5, 0.6) is 5.75 Å². The van der Waals surface area contributed by atoms with E-state index in [1.165, 1.54) is 22.7 Å². The number of rotatable bonds is 4. The summed E-state index contributed by atoms with van der Waals surface area (Å²) in [4.78, 5) is 29.4. The standard InChI is InChI=1S/C25H20F2N2O3S/c1-32-18-8-10-22-19(14-18)25(24(31)28(22)15-16-7-9-20(26)21(27)13-16)29(11-12-33-25)23(30)17-5-3-2-4-6-17/h2-10,13-14H,11-12,15H2,1H3. The van der Waals surface area contributed by atoms with Gasteiger partial charge < -0.3 is 14.5 Å². The molecule has 2 aliphatic heterocycles. The van der Waals surface area contributed by atoms with Crippen LogP contribution in [0.1, 0.15) is 21.5 Å². The number of anilines is 1. The van der Waals surface area contributed by atoms with Crippen LogP contribution in [0, 0.1) is 11.6 Å². The lowest BCUT2D eigenvalue weighted by Gasteiger charge is -2.33. The highest BCUT2D eigenvalue weighted by molar-refractivity contribution is 8.01. The number of thioether (sulfide) groups is 1. The lowest BCUT2D eigenvalue weighted by Crippen LogP contribution is -2.50. The fourth-order valence-electron chi connectivity index (χ4n) is 4.44. The molecule has 2 aliphatic rings. The van der Waals surface area contributed by atoms with Crippen LogP contribution in [-0.4, -0.2) is 36.1 Å². The van der Waals surface area contributed by atoms with Crippen molar-refractivity contribution in [3.63, 3.8) is 0 Å². The van der Waals surface area contributed by atoms with E-state index in [-0.39, 0.29) is 18.4 Å². The molecule has 0 N–H and O–H groups in total. The Hall–Kier alpha value is -3.39. The SMILES string of the molecule is COc1ccc2c(c1)C1(SCCN1C(=O)c1ccccc1)C(=O)N2Cc1ccc(F)c(F)c1. The number of nitrogens with zero attached hydrogens (tertiary/aromatic N) is 2. The summed E-state index contributed by atoms with van der Waals surface area (Å²) in [6.45, 7) is 0.449. The molecule has 3 aromatic carbocycles. The number of hydrogen-bond donors (Lipinski definition) is 0. The van der Waals surface area contributed by atoms with Crippen molar-refractivity contribution in [2.24, 2.45) is 0 Å². The van der Waals surface area contributed by atoms with Crippen LogP contribution in [-0.2, 0) is 16.2 Å². The average Bonchev–Trinajstić information content (AvgIpc) is 3.38. The molecule has 1 saturated heterocycles. The summed E-state index contributed by atoms with van der Waals surface area (Å²) in [6, 6.07) is 17.7. The van der Waals surface area contributed by atoms with Crippen molar-refractivity contribution in [3.05, 3.63) is 95.1 Å². The predicted molar refractivity (Wildman–Crippen MR) is 122 cm³/mol. The van der Waals surface area contributed by atoms with Crippen molar-refractivity contribution < 1.29 is 23.1 Å². The van der Waals surface area contributed by atoms with Crippen LogP contribution >= 0.6 is 11.8 Å². The van der Waals surface area contributed by atoms with Crippen molar-refractivity contribution >= 4 is 29.3 Å². The molecule has 3 aromatic rings. The highest BCUT2D eigenvalue weighted by Gasteiger charge is 2.59. The molecule has 1 fully saturated rings. The Bertz CT molecular complexity index is 1250.